The summed E-state index contributed by atoms with van der Waals surface area (Å²) in [6, 6.07) is 0. The van der Waals surface area contributed by atoms with Crippen LogP contribution < -0.4 is 0 Å². The van der Waals surface area contributed by atoms with Gasteiger partial charge in [-0.2, -0.15) is 5.92 Å². The summed E-state index contributed by atoms with van der Waals surface area (Å²) < 4.78 is 20.8. The number of allylic oxidation sites excluding steroid dienone is 4. The van der Waals surface area contributed by atoms with Crippen LogP contribution in [-0.4, -0.2) is 32.7 Å². The Hall–Kier alpha value is 2.75. The fourth-order valence-corrected chi connectivity index (χ4v) is 1.04. The summed E-state index contributed by atoms with van der Waals surface area (Å²) >= 11 is 4.24. The monoisotopic (exact) mass is 962 g/mol. The summed E-state index contributed by atoms with van der Waals surface area (Å²) in [6.07, 6.45) is 31.4. The molecule has 0 aromatic heterocycles. The van der Waals surface area contributed by atoms with Crippen molar-refractivity contribution >= 4 is 52.2 Å². The van der Waals surface area contributed by atoms with E-state index in [4.69, 9.17) is 14.7 Å². The second-order valence-electron chi connectivity index (χ2n) is 5.06. The van der Waals surface area contributed by atoms with Gasteiger partial charge in [-0.3, -0.25) is 28.9 Å². The molecule has 0 bridgehead atoms. The van der Waals surface area contributed by atoms with Crippen molar-refractivity contribution in [2.45, 2.75) is 39.0 Å². The van der Waals surface area contributed by atoms with E-state index in [0.29, 0.717) is 5.92 Å². The van der Waals surface area contributed by atoms with Crippen LogP contribution >= 0.6 is 52.2 Å². The predicted octanol–water partition coefficient (Wildman–Crippen LogP) is 6.51. The molecule has 12 heteroatoms. The maximum absolute atomic E-state index is 10.6. The van der Waals surface area contributed by atoms with E-state index in [0.717, 1.165) is 5.57 Å². The third-order valence-electron chi connectivity index (χ3n) is 2.86. The van der Waals surface area contributed by atoms with E-state index in [9.17, 15) is 9.13 Å². The Balaban J connectivity index is -0.0000000266. The average molecular weight is 962 g/mol. The first-order valence-electron chi connectivity index (χ1n) is 7.87. The second-order valence-corrected chi connectivity index (χ2v) is 9.68. The minimum Gasteiger partial charge on any atom is -0.497 e. The van der Waals surface area contributed by atoms with Crippen molar-refractivity contribution in [3.8, 4) is 38.5 Å². The molecule has 0 aromatic carbocycles. The number of halogens is 2. The van der Waals surface area contributed by atoms with Crippen molar-refractivity contribution in [2.24, 2.45) is 5.92 Å². The SMILES string of the molecule is C#C.C#C.C#C.C=[C-]C(C)C(=C)C.C=[C-]C(C)P(=O)(O)O.C=[C-]C(C)P(C)(=O)O.II.[Y].[Y].[Y]. The number of hydrogen-bond donors (Lipinski definition) is 3. The van der Waals surface area contributed by atoms with E-state index in [1.54, 1.807) is 6.92 Å². The molecule has 0 heterocycles. The van der Waals surface area contributed by atoms with Crippen molar-refractivity contribution < 1.29 is 122 Å². The van der Waals surface area contributed by atoms with Gasteiger partial charge in [-0.05, 0) is 6.92 Å². The second kappa shape index (κ2) is 48.8. The van der Waals surface area contributed by atoms with Gasteiger partial charge < -0.3 is 32.9 Å². The van der Waals surface area contributed by atoms with E-state index in [1.807, 2.05) is 13.8 Å². The van der Waals surface area contributed by atoms with Gasteiger partial charge in [0, 0.05) is 142 Å². The molecule has 3 N–H and O–H groups in total. The number of terminal acetylenes is 3. The quantitative estimate of drug-likeness (QED) is 0.0930. The molecule has 0 amide bonds. The van der Waals surface area contributed by atoms with Gasteiger partial charge in [-0.15, -0.1) is 50.7 Å². The molecule has 3 radical (unpaired) electrons. The fourth-order valence-electron chi connectivity index (χ4n) is 0.463. The van der Waals surface area contributed by atoms with Crippen LogP contribution in [0.15, 0.2) is 31.9 Å². The normalized spacial score (nSPS) is 11.6. The van der Waals surface area contributed by atoms with Crippen LogP contribution in [0.25, 0.3) is 0 Å². The molecule has 0 saturated carbocycles. The zero-order chi connectivity index (χ0) is 27.4. The zero-order valence-electron chi connectivity index (χ0n) is 20.6. The first-order valence-corrected chi connectivity index (χ1v) is 18.0. The van der Waals surface area contributed by atoms with Crippen LogP contribution in [0.1, 0.15) is 27.7 Å². The Bertz CT molecular complexity index is 567. The summed E-state index contributed by atoms with van der Waals surface area (Å²) in [4.78, 5) is 25.3. The fraction of sp³-hybridized carbons (Fsp3) is 0.364. The van der Waals surface area contributed by atoms with Crippen LogP contribution in [0.4, 0.5) is 0 Å². The molecule has 5 nitrogen and oxygen atoms in total. The van der Waals surface area contributed by atoms with Crippen LogP contribution in [0.5, 0.6) is 0 Å². The average Bonchev–Trinajstić information content (AvgIpc) is 2.76. The Morgan fingerprint density at radius 2 is 1.00 bits per heavy atom. The Labute approximate surface area is 309 Å². The summed E-state index contributed by atoms with van der Waals surface area (Å²) in [6.45, 7) is 21.9. The topological polar surface area (TPSA) is 94.8 Å². The molecule has 0 aromatic rings. The van der Waals surface area contributed by atoms with E-state index in [2.05, 4.69) is 120 Å². The molecule has 0 fully saturated rings. The largest absolute Gasteiger partial charge is 0.497 e. The molecule has 189 valence electrons. The molecule has 0 spiro atoms. The molecule has 0 aliphatic carbocycles. The molecule has 34 heavy (non-hydrogen) atoms. The maximum Gasteiger partial charge on any atom is 0.299 e. The zero-order valence-corrected chi connectivity index (χ0v) is 35.2. The first-order chi connectivity index (χ1) is 14.1. The van der Waals surface area contributed by atoms with Crippen LogP contribution in [-0.2, 0) is 107 Å². The molecule has 4 unspecified atom stereocenters. The number of rotatable bonds is 6. The van der Waals surface area contributed by atoms with Crippen molar-refractivity contribution in [1.29, 1.82) is 0 Å². The number of hydrogen-bond acceptors (Lipinski definition) is 2. The van der Waals surface area contributed by atoms with E-state index in [-0.39, 0.29) is 98.1 Å². The van der Waals surface area contributed by atoms with Crippen molar-refractivity contribution in [3.63, 3.8) is 0 Å². The van der Waals surface area contributed by atoms with Gasteiger partial charge in [-0.25, -0.2) is 0 Å². The van der Waals surface area contributed by atoms with Gasteiger partial charge >= 0.3 is 0 Å². The standard InChI is InChI=1S/C7H11.C5H10O2P.C4H8O3P.3C2H2.I2.3Y/c1-5-7(4)6(2)3;1-4-5(2)8(3,6)7;1-3-4(2)8(5,6)7;4*1-2;;;/h7H,1-2H2,3-4H3;5H,1H2,2-3H3,(H,6,7);4H,1H2,2H3,(H2,5,6,7);3*1-2H;;;;/q3*-1;;;;;;;. The van der Waals surface area contributed by atoms with E-state index >= 15 is 0 Å². The van der Waals surface area contributed by atoms with Crippen LogP contribution in [0.2, 0.25) is 0 Å². The molecule has 0 aliphatic rings. The summed E-state index contributed by atoms with van der Waals surface area (Å²) in [5, 5.41) is 0. The Morgan fingerprint density at radius 1 is 0.765 bits per heavy atom. The third kappa shape index (κ3) is 64.6. The van der Waals surface area contributed by atoms with Gasteiger partial charge in [-0.1, -0.05) is 32.1 Å². The van der Waals surface area contributed by atoms with Crippen molar-refractivity contribution in [3.05, 3.63) is 50.1 Å². The summed E-state index contributed by atoms with van der Waals surface area (Å²) in [5.41, 5.74) is -0.125. The molecule has 4 atom stereocenters. The first kappa shape index (κ1) is 65.6. The van der Waals surface area contributed by atoms with Crippen molar-refractivity contribution in [2.75, 3.05) is 6.66 Å². The molecular weight excluding hydrogens is 927 g/mol. The smallest absolute Gasteiger partial charge is 0.299 e. The third-order valence-corrected chi connectivity index (χ3v) is 5.67. The van der Waals surface area contributed by atoms with Gasteiger partial charge in [0.25, 0.3) is 7.60 Å². The predicted molar refractivity (Wildman–Crippen MR) is 155 cm³/mol. The molecule has 0 saturated heterocycles. The van der Waals surface area contributed by atoms with Gasteiger partial charge in [0.05, 0.1) is 0 Å². The molecule has 0 rings (SSSR count). The van der Waals surface area contributed by atoms with Crippen LogP contribution in [0.3, 0.4) is 0 Å². The van der Waals surface area contributed by atoms with Gasteiger partial charge in [0.15, 0.2) is 7.37 Å². The van der Waals surface area contributed by atoms with Crippen LogP contribution in [0, 0.1) is 62.7 Å². The summed E-state index contributed by atoms with van der Waals surface area (Å²) in [5.74, 6) is 0.347. The molecular formula is C22H35I2O5P2Y3-3. The molecule has 0 aliphatic heterocycles. The van der Waals surface area contributed by atoms with Gasteiger partial charge in [0.2, 0.25) is 0 Å². The minimum absolute atomic E-state index is 0. The maximum atomic E-state index is 10.6. The summed E-state index contributed by atoms with van der Waals surface area (Å²) in [7, 11) is -6.86. The van der Waals surface area contributed by atoms with Gasteiger partial charge in [0.1, 0.15) is 0 Å². The van der Waals surface area contributed by atoms with E-state index < -0.39 is 26.3 Å². The minimum atomic E-state index is -3.93. The van der Waals surface area contributed by atoms with E-state index in [1.165, 1.54) is 13.6 Å². The van der Waals surface area contributed by atoms with Crippen molar-refractivity contribution in [1.82, 2.24) is 0 Å². The Morgan fingerprint density at radius 3 is 1.00 bits per heavy atom. The Kier molecular flexibility index (Phi) is 94.2.